The summed E-state index contributed by atoms with van der Waals surface area (Å²) in [5.74, 6) is 1.48. The van der Waals surface area contributed by atoms with Gasteiger partial charge in [0.25, 0.3) is 0 Å². The Hall–Kier alpha value is -1.63. The van der Waals surface area contributed by atoms with Gasteiger partial charge in [0.1, 0.15) is 0 Å². The minimum Gasteiger partial charge on any atom is -0.381 e. The highest BCUT2D eigenvalue weighted by atomic mass is 16.5. The molecule has 1 fully saturated rings. The number of rotatable bonds is 10. The van der Waals surface area contributed by atoms with Gasteiger partial charge in [0.15, 0.2) is 5.96 Å². The summed E-state index contributed by atoms with van der Waals surface area (Å²) in [6, 6.07) is 8.82. The summed E-state index contributed by atoms with van der Waals surface area (Å²) in [5, 5.41) is 6.79. The molecule has 0 radical (unpaired) electrons. The Labute approximate surface area is 169 Å². The molecule has 3 rings (SSSR count). The van der Waals surface area contributed by atoms with Crippen molar-refractivity contribution in [1.29, 1.82) is 0 Å². The van der Waals surface area contributed by atoms with Crippen LogP contribution in [-0.2, 0) is 22.4 Å². The van der Waals surface area contributed by atoms with E-state index in [9.17, 15) is 0 Å². The van der Waals surface area contributed by atoms with Crippen molar-refractivity contribution in [2.75, 3.05) is 59.7 Å². The molecule has 1 aromatic rings. The number of hydrogen-bond acceptors (Lipinski definition) is 4. The summed E-state index contributed by atoms with van der Waals surface area (Å²) < 4.78 is 11.1. The van der Waals surface area contributed by atoms with Crippen LogP contribution in [0, 0.1) is 5.92 Å². The molecule has 0 amide bonds. The van der Waals surface area contributed by atoms with Crippen molar-refractivity contribution in [3.8, 4) is 0 Å². The maximum Gasteiger partial charge on any atom is 0.190 e. The van der Waals surface area contributed by atoms with Gasteiger partial charge in [-0.3, -0.25) is 9.89 Å². The first kappa shape index (κ1) is 21.1. The monoisotopic (exact) mass is 388 g/mol. The molecule has 1 aromatic carbocycles. The van der Waals surface area contributed by atoms with Crippen molar-refractivity contribution < 1.29 is 9.47 Å². The summed E-state index contributed by atoms with van der Waals surface area (Å²) in [7, 11) is 1.83. The third-order valence-corrected chi connectivity index (χ3v) is 5.51. The first-order valence-corrected chi connectivity index (χ1v) is 10.7. The topological polar surface area (TPSA) is 58.1 Å². The molecule has 1 atom stereocenters. The molecule has 6 nitrogen and oxygen atoms in total. The molecule has 0 saturated carbocycles. The van der Waals surface area contributed by atoms with Gasteiger partial charge in [-0.1, -0.05) is 24.3 Å². The van der Waals surface area contributed by atoms with E-state index in [1.165, 1.54) is 17.5 Å². The molecule has 0 spiro atoms. The highest BCUT2D eigenvalue weighted by molar-refractivity contribution is 5.79. The minimum atomic E-state index is 0.593. The summed E-state index contributed by atoms with van der Waals surface area (Å²) in [6.45, 7) is 8.55. The quantitative estimate of drug-likeness (QED) is 0.365. The highest BCUT2D eigenvalue weighted by Crippen LogP contribution is 2.18. The van der Waals surface area contributed by atoms with Crippen molar-refractivity contribution in [3.63, 3.8) is 0 Å². The number of nitrogens with zero attached hydrogens (tertiary/aromatic N) is 2. The van der Waals surface area contributed by atoms with Crippen LogP contribution in [0.15, 0.2) is 29.3 Å². The highest BCUT2D eigenvalue weighted by Gasteiger charge is 2.16. The van der Waals surface area contributed by atoms with Gasteiger partial charge in [0, 0.05) is 58.9 Å². The predicted molar refractivity (Wildman–Crippen MR) is 114 cm³/mol. The van der Waals surface area contributed by atoms with Gasteiger partial charge in [-0.25, -0.2) is 0 Å². The molecule has 2 aliphatic rings. The summed E-state index contributed by atoms with van der Waals surface area (Å²) in [5.41, 5.74) is 3.00. The summed E-state index contributed by atoms with van der Waals surface area (Å²) in [4.78, 5) is 6.85. The zero-order valence-electron chi connectivity index (χ0n) is 17.3. The van der Waals surface area contributed by atoms with E-state index in [1.807, 2.05) is 7.05 Å². The lowest BCUT2D eigenvalue weighted by molar-refractivity contribution is 0.0888. The van der Waals surface area contributed by atoms with Crippen LogP contribution in [0.1, 0.15) is 30.4 Å². The Bertz CT molecular complexity index is 602. The first-order chi connectivity index (χ1) is 13.8. The van der Waals surface area contributed by atoms with Gasteiger partial charge < -0.3 is 20.1 Å². The van der Waals surface area contributed by atoms with Crippen molar-refractivity contribution in [2.24, 2.45) is 10.9 Å². The van der Waals surface area contributed by atoms with Crippen LogP contribution in [0.25, 0.3) is 0 Å². The molecule has 156 valence electrons. The smallest absolute Gasteiger partial charge is 0.190 e. The second kappa shape index (κ2) is 12.0. The van der Waals surface area contributed by atoms with Gasteiger partial charge in [0.05, 0.1) is 13.2 Å². The van der Waals surface area contributed by atoms with E-state index >= 15 is 0 Å². The van der Waals surface area contributed by atoms with Crippen molar-refractivity contribution in [3.05, 3.63) is 35.4 Å². The van der Waals surface area contributed by atoms with E-state index in [-0.39, 0.29) is 0 Å². The lowest BCUT2D eigenvalue weighted by Gasteiger charge is -2.28. The summed E-state index contributed by atoms with van der Waals surface area (Å²) in [6.07, 6.45) is 4.41. The van der Waals surface area contributed by atoms with Gasteiger partial charge in [-0.15, -0.1) is 0 Å². The van der Waals surface area contributed by atoms with Gasteiger partial charge >= 0.3 is 0 Å². The maximum absolute atomic E-state index is 5.74. The average Bonchev–Trinajstić information content (AvgIpc) is 3.25. The van der Waals surface area contributed by atoms with Crippen molar-refractivity contribution in [1.82, 2.24) is 15.5 Å². The van der Waals surface area contributed by atoms with Gasteiger partial charge in [-0.2, -0.15) is 0 Å². The Balaban J connectivity index is 1.20. The van der Waals surface area contributed by atoms with Crippen LogP contribution in [0.2, 0.25) is 0 Å². The van der Waals surface area contributed by atoms with E-state index < -0.39 is 0 Å². The Kier molecular flexibility index (Phi) is 9.07. The SMILES string of the molecule is CN=C(NCCCOCC1CCOC1)NCCCN1CCc2ccccc2C1. The van der Waals surface area contributed by atoms with E-state index in [0.29, 0.717) is 5.92 Å². The minimum absolute atomic E-state index is 0.593. The largest absolute Gasteiger partial charge is 0.381 e. The van der Waals surface area contributed by atoms with E-state index in [2.05, 4.69) is 44.8 Å². The molecule has 6 heteroatoms. The number of guanidine groups is 1. The van der Waals surface area contributed by atoms with Crippen LogP contribution in [-0.4, -0.2) is 70.5 Å². The zero-order valence-corrected chi connectivity index (χ0v) is 17.3. The Morgan fingerprint density at radius 3 is 2.82 bits per heavy atom. The summed E-state index contributed by atoms with van der Waals surface area (Å²) >= 11 is 0. The lowest BCUT2D eigenvalue weighted by Crippen LogP contribution is -2.39. The van der Waals surface area contributed by atoms with Crippen LogP contribution in [0.3, 0.4) is 0 Å². The molecular weight excluding hydrogens is 352 g/mol. The number of ether oxygens (including phenoxy) is 2. The molecular formula is C22H36N4O2. The number of aliphatic imine (C=N–C) groups is 1. The fraction of sp³-hybridized carbons (Fsp3) is 0.682. The molecule has 28 heavy (non-hydrogen) atoms. The molecule has 2 aliphatic heterocycles. The predicted octanol–water partition coefficient (Wildman–Crippen LogP) is 2.04. The average molecular weight is 389 g/mol. The standard InChI is InChI=1S/C22H36N4O2/c1-23-22(25-11-5-14-27-17-19-9-15-28-18-19)24-10-4-12-26-13-8-20-6-2-3-7-21(20)16-26/h2-3,6-7,19H,4-5,8-18H2,1H3,(H2,23,24,25). The molecule has 0 bridgehead atoms. The third-order valence-electron chi connectivity index (χ3n) is 5.51. The molecule has 2 heterocycles. The number of nitrogens with one attached hydrogen (secondary N) is 2. The van der Waals surface area contributed by atoms with Crippen molar-refractivity contribution in [2.45, 2.75) is 32.2 Å². The van der Waals surface area contributed by atoms with Crippen LogP contribution in [0.4, 0.5) is 0 Å². The number of hydrogen-bond donors (Lipinski definition) is 2. The molecule has 2 N–H and O–H groups in total. The third kappa shape index (κ3) is 7.08. The number of fused-ring (bicyclic) bond motifs is 1. The maximum atomic E-state index is 5.74. The molecule has 1 saturated heterocycles. The molecule has 0 aliphatic carbocycles. The van der Waals surface area contributed by atoms with Crippen LogP contribution < -0.4 is 10.6 Å². The lowest BCUT2D eigenvalue weighted by atomic mass is 10.00. The number of benzene rings is 1. The molecule has 1 unspecified atom stereocenters. The normalized spacial score (nSPS) is 20.2. The van der Waals surface area contributed by atoms with Crippen LogP contribution >= 0.6 is 0 Å². The zero-order chi connectivity index (χ0) is 19.4. The Morgan fingerprint density at radius 1 is 1.21 bits per heavy atom. The van der Waals surface area contributed by atoms with Crippen molar-refractivity contribution >= 4 is 5.96 Å². The Morgan fingerprint density at radius 2 is 2.04 bits per heavy atom. The van der Waals surface area contributed by atoms with E-state index in [1.54, 1.807) is 0 Å². The fourth-order valence-electron chi connectivity index (χ4n) is 3.82. The van der Waals surface area contributed by atoms with E-state index in [0.717, 1.165) is 84.4 Å². The fourth-order valence-corrected chi connectivity index (χ4v) is 3.82. The van der Waals surface area contributed by atoms with Gasteiger partial charge in [-0.05, 0) is 36.8 Å². The second-order valence-corrected chi connectivity index (χ2v) is 7.73. The van der Waals surface area contributed by atoms with E-state index in [4.69, 9.17) is 9.47 Å². The van der Waals surface area contributed by atoms with Crippen LogP contribution in [0.5, 0.6) is 0 Å². The molecule has 0 aromatic heterocycles. The van der Waals surface area contributed by atoms with Gasteiger partial charge in [0.2, 0.25) is 0 Å². The second-order valence-electron chi connectivity index (χ2n) is 7.73. The first-order valence-electron chi connectivity index (χ1n) is 10.7.